The van der Waals surface area contributed by atoms with Crippen LogP contribution in [0.2, 0.25) is 0 Å². The Balaban J connectivity index is 1.40. The van der Waals surface area contributed by atoms with E-state index in [1.807, 2.05) is 41.5 Å². The highest BCUT2D eigenvalue weighted by Crippen LogP contribution is 2.30. The van der Waals surface area contributed by atoms with Crippen molar-refractivity contribution in [2.45, 2.75) is 25.7 Å². The minimum absolute atomic E-state index is 0.658. The van der Waals surface area contributed by atoms with Gasteiger partial charge in [0.15, 0.2) is 11.5 Å². The molecule has 0 unspecified atom stereocenters. The van der Waals surface area contributed by atoms with Crippen molar-refractivity contribution in [2.24, 2.45) is 9.98 Å². The fourth-order valence-corrected chi connectivity index (χ4v) is 5.06. The van der Waals surface area contributed by atoms with E-state index in [0.29, 0.717) is 5.82 Å². The zero-order chi connectivity index (χ0) is 31.4. The molecule has 45 heavy (non-hydrogen) atoms. The second kappa shape index (κ2) is 16.0. The average Bonchev–Trinajstić information content (AvgIpc) is 3.49. The predicted molar refractivity (Wildman–Crippen MR) is 188 cm³/mol. The summed E-state index contributed by atoms with van der Waals surface area (Å²) in [7, 11) is 8.42. The molecule has 0 atom stereocenters. The molecule has 3 aromatic carbocycles. The van der Waals surface area contributed by atoms with Gasteiger partial charge in [-0.05, 0) is 90.2 Å². The molecule has 0 spiro atoms. The lowest BCUT2D eigenvalue weighted by molar-refractivity contribution is 0.396. The van der Waals surface area contributed by atoms with Gasteiger partial charge in [-0.15, -0.1) is 0 Å². The predicted octanol–water partition coefficient (Wildman–Crippen LogP) is 6.67. The third-order valence-corrected chi connectivity index (χ3v) is 7.55. The van der Waals surface area contributed by atoms with Crippen molar-refractivity contribution in [1.82, 2.24) is 29.3 Å². The second-order valence-electron chi connectivity index (χ2n) is 11.9. The summed E-state index contributed by atoms with van der Waals surface area (Å²) >= 11 is 0. The Bertz CT molecular complexity index is 1690. The van der Waals surface area contributed by atoms with E-state index in [-0.39, 0.29) is 0 Å². The van der Waals surface area contributed by atoms with Crippen LogP contribution < -0.4 is 0 Å². The van der Waals surface area contributed by atoms with Crippen LogP contribution in [0.5, 0.6) is 0 Å². The van der Waals surface area contributed by atoms with Gasteiger partial charge in [-0.1, -0.05) is 66.7 Å². The molecule has 8 heteroatoms. The Labute approximate surface area is 267 Å². The summed E-state index contributed by atoms with van der Waals surface area (Å²) in [6, 6.07) is 26.9. The number of imidazole rings is 1. The Morgan fingerprint density at radius 1 is 0.644 bits per heavy atom. The first-order chi connectivity index (χ1) is 22.0. The van der Waals surface area contributed by atoms with Crippen molar-refractivity contribution < 1.29 is 0 Å². The molecule has 0 fully saturated rings. The molecule has 2 heterocycles. The largest absolute Gasteiger partial charge is 0.309 e. The van der Waals surface area contributed by atoms with Crippen LogP contribution in [-0.4, -0.2) is 96.1 Å². The van der Waals surface area contributed by atoms with Crippen molar-refractivity contribution >= 4 is 23.6 Å². The molecule has 0 aliphatic heterocycles. The molecular formula is C37H44N8. The van der Waals surface area contributed by atoms with E-state index < -0.39 is 0 Å². The van der Waals surface area contributed by atoms with Gasteiger partial charge in [-0.25, -0.2) is 15.0 Å². The maximum Gasteiger partial charge on any atom is 0.169 e. The number of aliphatic imine (C=N–C) groups is 2. The first-order valence-corrected chi connectivity index (χ1v) is 15.8. The van der Waals surface area contributed by atoms with Gasteiger partial charge in [-0.2, -0.15) is 0 Å². The zero-order valence-corrected chi connectivity index (χ0v) is 27.0. The maximum absolute atomic E-state index is 5.07. The molecule has 0 radical (unpaired) electrons. The van der Waals surface area contributed by atoms with E-state index in [1.165, 1.54) is 0 Å². The third-order valence-electron chi connectivity index (χ3n) is 7.55. The van der Waals surface area contributed by atoms with Gasteiger partial charge in [0, 0.05) is 42.3 Å². The molecule has 0 bridgehead atoms. The smallest absolute Gasteiger partial charge is 0.169 e. The van der Waals surface area contributed by atoms with Crippen LogP contribution in [0.25, 0.3) is 39.5 Å². The summed E-state index contributed by atoms with van der Waals surface area (Å²) in [5.41, 5.74) is 7.42. The number of fused-ring (bicyclic) bond motifs is 1. The molecule has 0 aliphatic rings. The SMILES string of the molecule is CN(C)CCCCN=Cc1ccc(-c2nc(-c3ccc(C=NCCCCN(C)C)cc3)c3ncn(-c4ccccc4)c3n2)cc1. The van der Waals surface area contributed by atoms with Crippen LogP contribution in [-0.2, 0) is 0 Å². The molecule has 0 aliphatic carbocycles. The standard InChI is InChI=1S/C37H44N8/c1-43(2)24-10-8-22-38-26-29-14-18-31(19-15-29)34-35-37(45(28-40-35)33-12-6-5-7-13-33)42-36(41-34)32-20-16-30(17-21-32)27-39-23-9-11-25-44(3)4/h5-7,12-21,26-28H,8-11,22-25H2,1-4H3. The van der Waals surface area contributed by atoms with E-state index in [4.69, 9.17) is 15.0 Å². The molecule has 0 saturated heterocycles. The topological polar surface area (TPSA) is 74.8 Å². The number of para-hydroxylation sites is 1. The quantitative estimate of drug-likeness (QED) is 0.0991. The van der Waals surface area contributed by atoms with Crippen molar-refractivity contribution in [1.29, 1.82) is 0 Å². The summed E-state index contributed by atoms with van der Waals surface area (Å²) in [6.45, 7) is 3.86. The van der Waals surface area contributed by atoms with Gasteiger partial charge in [0.25, 0.3) is 0 Å². The van der Waals surface area contributed by atoms with Crippen LogP contribution in [0.3, 0.4) is 0 Å². The molecular weight excluding hydrogens is 556 g/mol. The van der Waals surface area contributed by atoms with Crippen molar-refractivity contribution in [3.8, 4) is 28.3 Å². The van der Waals surface area contributed by atoms with Crippen LogP contribution in [0.1, 0.15) is 36.8 Å². The molecule has 5 rings (SSSR count). The Morgan fingerprint density at radius 3 is 1.76 bits per heavy atom. The minimum atomic E-state index is 0.658. The van der Waals surface area contributed by atoms with Gasteiger partial charge < -0.3 is 9.80 Å². The van der Waals surface area contributed by atoms with E-state index >= 15 is 0 Å². The lowest BCUT2D eigenvalue weighted by atomic mass is 10.1. The van der Waals surface area contributed by atoms with Gasteiger partial charge in [0.05, 0.1) is 0 Å². The van der Waals surface area contributed by atoms with Crippen LogP contribution in [0, 0.1) is 0 Å². The summed E-state index contributed by atoms with van der Waals surface area (Å²) in [5, 5.41) is 0. The van der Waals surface area contributed by atoms with Crippen molar-refractivity contribution in [3.05, 3.63) is 96.3 Å². The molecule has 5 aromatic rings. The molecule has 0 amide bonds. The highest BCUT2D eigenvalue weighted by atomic mass is 15.1. The van der Waals surface area contributed by atoms with Crippen LogP contribution >= 0.6 is 0 Å². The van der Waals surface area contributed by atoms with E-state index in [9.17, 15) is 0 Å². The van der Waals surface area contributed by atoms with Gasteiger partial charge >= 0.3 is 0 Å². The van der Waals surface area contributed by atoms with E-state index in [0.717, 1.165) is 96.7 Å². The van der Waals surface area contributed by atoms with Crippen molar-refractivity contribution in [3.63, 3.8) is 0 Å². The maximum atomic E-state index is 5.07. The van der Waals surface area contributed by atoms with Crippen molar-refractivity contribution in [2.75, 3.05) is 54.4 Å². The number of hydrogen-bond donors (Lipinski definition) is 0. The number of hydrogen-bond acceptors (Lipinski definition) is 7. The zero-order valence-electron chi connectivity index (χ0n) is 27.0. The second-order valence-corrected chi connectivity index (χ2v) is 11.9. The first-order valence-electron chi connectivity index (χ1n) is 15.8. The normalized spacial score (nSPS) is 12.0. The van der Waals surface area contributed by atoms with Crippen LogP contribution in [0.4, 0.5) is 0 Å². The molecule has 0 N–H and O–H groups in total. The Morgan fingerprint density at radius 2 is 1.20 bits per heavy atom. The molecule has 232 valence electrons. The number of rotatable bonds is 15. The lowest BCUT2D eigenvalue weighted by Crippen LogP contribution is -2.12. The summed E-state index contributed by atoms with van der Waals surface area (Å²) in [5.74, 6) is 0.658. The number of nitrogens with zero attached hydrogens (tertiary/aromatic N) is 8. The number of aromatic nitrogens is 4. The number of unbranched alkanes of at least 4 members (excludes halogenated alkanes) is 2. The average molecular weight is 601 g/mol. The first kappa shape index (κ1) is 31.9. The highest BCUT2D eigenvalue weighted by molar-refractivity contribution is 5.91. The van der Waals surface area contributed by atoms with E-state index in [1.54, 1.807) is 0 Å². The third kappa shape index (κ3) is 9.00. The highest BCUT2D eigenvalue weighted by Gasteiger charge is 2.17. The van der Waals surface area contributed by atoms with Gasteiger partial charge in [-0.3, -0.25) is 14.6 Å². The molecule has 2 aromatic heterocycles. The molecule has 0 saturated carbocycles. The number of benzene rings is 3. The van der Waals surface area contributed by atoms with E-state index in [2.05, 4.69) is 109 Å². The summed E-state index contributed by atoms with van der Waals surface area (Å²) < 4.78 is 2.03. The fourth-order valence-electron chi connectivity index (χ4n) is 5.06. The minimum Gasteiger partial charge on any atom is -0.309 e. The van der Waals surface area contributed by atoms with Gasteiger partial charge in [0.2, 0.25) is 0 Å². The van der Waals surface area contributed by atoms with Gasteiger partial charge in [0.1, 0.15) is 17.5 Å². The Kier molecular flexibility index (Phi) is 11.3. The van der Waals surface area contributed by atoms with Crippen LogP contribution in [0.15, 0.2) is 95.2 Å². The Hall–Kier alpha value is -4.53. The summed E-state index contributed by atoms with van der Waals surface area (Å²) in [6.07, 6.45) is 10.2. The summed E-state index contributed by atoms with van der Waals surface area (Å²) in [4.78, 5) is 28.6. The fraction of sp³-hybridized carbons (Fsp3) is 0.324. The monoisotopic (exact) mass is 600 g/mol. The lowest BCUT2D eigenvalue weighted by Gasteiger charge is -2.09. The molecule has 8 nitrogen and oxygen atoms in total.